The summed E-state index contributed by atoms with van der Waals surface area (Å²) < 4.78 is 42.7. The van der Waals surface area contributed by atoms with Crippen LogP contribution in [0.2, 0.25) is 0 Å². The number of halogens is 3. The van der Waals surface area contributed by atoms with E-state index in [4.69, 9.17) is 4.74 Å². The maximum atomic E-state index is 12.5. The quantitative estimate of drug-likeness (QED) is 0.906. The number of nitrogens with zero attached hydrogens (tertiary/aromatic N) is 1. The highest BCUT2D eigenvalue weighted by Crippen LogP contribution is 2.37. The first kappa shape index (κ1) is 14.6. The zero-order chi connectivity index (χ0) is 15.0. The lowest BCUT2D eigenvalue weighted by Gasteiger charge is -2.28. The van der Waals surface area contributed by atoms with Crippen molar-refractivity contribution in [1.29, 1.82) is 0 Å². The molecule has 1 N–H and O–H groups in total. The standard InChI is InChI=1S/C13H14F3NO3/c1-20-12(9-3-2-4-10(18)7-9)5-6-17(8-12)11(19)13(14,15)16/h2-4,7,18H,5-6,8H2,1H3. The van der Waals surface area contributed by atoms with E-state index < -0.39 is 17.7 Å². The number of carbonyl (C=O) groups excluding carboxylic acids is 1. The fraction of sp³-hybridized carbons (Fsp3) is 0.462. The highest BCUT2D eigenvalue weighted by atomic mass is 19.4. The zero-order valence-corrected chi connectivity index (χ0v) is 10.8. The first-order valence-corrected chi connectivity index (χ1v) is 5.99. The largest absolute Gasteiger partial charge is 0.508 e. The van der Waals surface area contributed by atoms with E-state index in [-0.39, 0.29) is 25.3 Å². The Bertz CT molecular complexity index is 518. The average molecular weight is 289 g/mol. The summed E-state index contributed by atoms with van der Waals surface area (Å²) >= 11 is 0. The number of hydrogen-bond acceptors (Lipinski definition) is 3. The second-order valence-electron chi connectivity index (χ2n) is 4.72. The third-order valence-electron chi connectivity index (χ3n) is 3.52. The predicted molar refractivity (Wildman–Crippen MR) is 64.0 cm³/mol. The number of methoxy groups -OCH3 is 1. The Balaban J connectivity index is 2.26. The van der Waals surface area contributed by atoms with Gasteiger partial charge in [-0.2, -0.15) is 13.2 Å². The highest BCUT2D eigenvalue weighted by Gasteiger charge is 2.49. The molecule has 1 heterocycles. The molecule has 110 valence electrons. The van der Waals surface area contributed by atoms with Crippen molar-refractivity contribution in [1.82, 2.24) is 4.90 Å². The topological polar surface area (TPSA) is 49.8 Å². The van der Waals surface area contributed by atoms with Gasteiger partial charge in [0.1, 0.15) is 11.4 Å². The van der Waals surface area contributed by atoms with Crippen molar-refractivity contribution in [2.24, 2.45) is 0 Å². The van der Waals surface area contributed by atoms with Crippen molar-refractivity contribution in [3.05, 3.63) is 29.8 Å². The molecule has 1 aromatic rings. The summed E-state index contributed by atoms with van der Waals surface area (Å²) in [6.07, 6.45) is -4.64. The molecule has 1 fully saturated rings. The number of carbonyl (C=O) groups is 1. The third kappa shape index (κ3) is 2.58. The van der Waals surface area contributed by atoms with Crippen LogP contribution in [0.4, 0.5) is 13.2 Å². The van der Waals surface area contributed by atoms with Gasteiger partial charge in [-0.1, -0.05) is 12.1 Å². The summed E-state index contributed by atoms with van der Waals surface area (Å²) in [6.45, 7) is -0.229. The van der Waals surface area contributed by atoms with Crippen LogP contribution in [-0.2, 0) is 15.1 Å². The number of hydrogen-bond donors (Lipinski definition) is 1. The molecule has 0 bridgehead atoms. The molecule has 1 atom stereocenters. The summed E-state index contributed by atoms with van der Waals surface area (Å²) in [7, 11) is 1.38. The minimum atomic E-state index is -4.89. The van der Waals surface area contributed by atoms with Gasteiger partial charge in [0.25, 0.3) is 0 Å². The molecule has 0 aliphatic carbocycles. The van der Waals surface area contributed by atoms with Crippen LogP contribution in [0.15, 0.2) is 24.3 Å². The summed E-state index contributed by atoms with van der Waals surface area (Å²) in [5.74, 6) is -1.86. The number of phenolic OH excluding ortho intramolecular Hbond substituents is 1. The Morgan fingerprint density at radius 2 is 2.15 bits per heavy atom. The van der Waals surface area contributed by atoms with Crippen LogP contribution < -0.4 is 0 Å². The molecule has 1 aliphatic rings. The molecule has 1 aromatic carbocycles. The summed E-state index contributed by atoms with van der Waals surface area (Å²) in [4.78, 5) is 12.0. The van der Waals surface area contributed by atoms with Gasteiger partial charge in [0, 0.05) is 13.7 Å². The minimum Gasteiger partial charge on any atom is -0.508 e. The number of rotatable bonds is 2. The van der Waals surface area contributed by atoms with E-state index in [1.807, 2.05) is 0 Å². The Labute approximate surface area is 113 Å². The molecule has 2 rings (SSSR count). The lowest BCUT2D eigenvalue weighted by atomic mass is 9.92. The molecule has 1 aliphatic heterocycles. The van der Waals surface area contributed by atoms with E-state index in [1.165, 1.54) is 19.2 Å². The first-order valence-electron chi connectivity index (χ1n) is 5.99. The Hall–Kier alpha value is -1.76. The van der Waals surface area contributed by atoms with E-state index in [0.29, 0.717) is 5.56 Å². The molecule has 0 radical (unpaired) electrons. The Morgan fingerprint density at radius 3 is 2.70 bits per heavy atom. The van der Waals surface area contributed by atoms with Crippen LogP contribution in [0.25, 0.3) is 0 Å². The average Bonchev–Trinajstić information content (AvgIpc) is 2.82. The zero-order valence-electron chi connectivity index (χ0n) is 10.8. The van der Waals surface area contributed by atoms with Gasteiger partial charge in [-0.15, -0.1) is 0 Å². The molecule has 4 nitrogen and oxygen atoms in total. The van der Waals surface area contributed by atoms with Gasteiger partial charge >= 0.3 is 12.1 Å². The van der Waals surface area contributed by atoms with Gasteiger partial charge < -0.3 is 14.7 Å². The number of aromatic hydroxyl groups is 1. The number of alkyl halides is 3. The van der Waals surface area contributed by atoms with Crippen LogP contribution in [0.1, 0.15) is 12.0 Å². The van der Waals surface area contributed by atoms with E-state index in [2.05, 4.69) is 0 Å². The molecule has 1 amide bonds. The SMILES string of the molecule is COC1(c2cccc(O)c2)CCN(C(=O)C(F)(F)F)C1. The Morgan fingerprint density at radius 1 is 1.45 bits per heavy atom. The van der Waals surface area contributed by atoms with Crippen LogP contribution in [-0.4, -0.2) is 42.3 Å². The summed E-state index contributed by atoms with van der Waals surface area (Å²) in [5, 5.41) is 9.47. The fourth-order valence-electron chi connectivity index (χ4n) is 2.44. The molecule has 20 heavy (non-hydrogen) atoms. The van der Waals surface area contributed by atoms with E-state index in [0.717, 1.165) is 4.90 Å². The normalized spacial score (nSPS) is 23.1. The number of likely N-dealkylation sites (tertiary alicyclic amines) is 1. The van der Waals surface area contributed by atoms with Crippen molar-refractivity contribution < 1.29 is 27.8 Å². The van der Waals surface area contributed by atoms with Crippen LogP contribution >= 0.6 is 0 Å². The van der Waals surface area contributed by atoms with Gasteiger partial charge in [-0.25, -0.2) is 0 Å². The monoisotopic (exact) mass is 289 g/mol. The molecule has 0 aromatic heterocycles. The van der Waals surface area contributed by atoms with E-state index in [9.17, 15) is 23.1 Å². The Kier molecular flexibility index (Phi) is 3.64. The van der Waals surface area contributed by atoms with Crippen LogP contribution in [0.5, 0.6) is 5.75 Å². The number of phenols is 1. The lowest BCUT2D eigenvalue weighted by molar-refractivity contribution is -0.185. The van der Waals surface area contributed by atoms with Gasteiger partial charge in [0.2, 0.25) is 0 Å². The molecular weight excluding hydrogens is 275 g/mol. The maximum Gasteiger partial charge on any atom is 0.471 e. The molecule has 1 saturated heterocycles. The molecule has 7 heteroatoms. The van der Waals surface area contributed by atoms with Crippen molar-refractivity contribution in [3.63, 3.8) is 0 Å². The van der Waals surface area contributed by atoms with E-state index in [1.54, 1.807) is 12.1 Å². The van der Waals surface area contributed by atoms with Crippen molar-refractivity contribution in [2.75, 3.05) is 20.2 Å². The second-order valence-corrected chi connectivity index (χ2v) is 4.72. The fourth-order valence-corrected chi connectivity index (χ4v) is 2.44. The van der Waals surface area contributed by atoms with Gasteiger partial charge in [-0.05, 0) is 24.1 Å². The lowest BCUT2D eigenvalue weighted by Crippen LogP contribution is -2.42. The predicted octanol–water partition coefficient (Wildman–Crippen LogP) is 2.03. The van der Waals surface area contributed by atoms with Crippen molar-refractivity contribution in [3.8, 4) is 5.75 Å². The molecular formula is C13H14F3NO3. The van der Waals surface area contributed by atoms with Crippen LogP contribution in [0.3, 0.4) is 0 Å². The van der Waals surface area contributed by atoms with Crippen LogP contribution in [0, 0.1) is 0 Å². The van der Waals surface area contributed by atoms with Gasteiger partial charge in [0.05, 0.1) is 6.54 Å². The number of ether oxygens (including phenoxy) is 1. The van der Waals surface area contributed by atoms with Gasteiger partial charge in [-0.3, -0.25) is 4.79 Å². The third-order valence-corrected chi connectivity index (χ3v) is 3.52. The highest BCUT2D eigenvalue weighted by molar-refractivity contribution is 5.82. The molecule has 0 saturated carbocycles. The second kappa shape index (κ2) is 4.97. The number of benzene rings is 1. The van der Waals surface area contributed by atoms with Gasteiger partial charge in [0.15, 0.2) is 0 Å². The number of amides is 1. The summed E-state index contributed by atoms with van der Waals surface area (Å²) in [6, 6.07) is 6.13. The van der Waals surface area contributed by atoms with Crippen molar-refractivity contribution >= 4 is 5.91 Å². The van der Waals surface area contributed by atoms with Crippen molar-refractivity contribution in [2.45, 2.75) is 18.2 Å². The smallest absolute Gasteiger partial charge is 0.471 e. The maximum absolute atomic E-state index is 12.5. The molecule has 1 unspecified atom stereocenters. The van der Waals surface area contributed by atoms with E-state index >= 15 is 0 Å². The summed E-state index contributed by atoms with van der Waals surface area (Å²) in [5.41, 5.74) is -0.461. The molecule has 0 spiro atoms. The first-order chi connectivity index (χ1) is 9.28. The minimum absolute atomic E-state index is 0.000442.